The highest BCUT2D eigenvalue weighted by Gasteiger charge is 2.21. The van der Waals surface area contributed by atoms with E-state index in [0.717, 1.165) is 58.8 Å². The minimum atomic E-state index is -0.285. The fourth-order valence-corrected chi connectivity index (χ4v) is 4.31. The molecule has 0 amide bonds. The maximum Gasteiger partial charge on any atom is 0.337 e. The fraction of sp³-hybridized carbons (Fsp3) is 0.458. The molecular formula is C24H30N2O3. The Labute approximate surface area is 173 Å². The van der Waals surface area contributed by atoms with Gasteiger partial charge in [0.1, 0.15) is 0 Å². The van der Waals surface area contributed by atoms with Crippen molar-refractivity contribution < 1.29 is 14.3 Å². The summed E-state index contributed by atoms with van der Waals surface area (Å²) in [4.78, 5) is 16.5. The molecule has 2 aromatic carbocycles. The minimum absolute atomic E-state index is 0.285. The first kappa shape index (κ1) is 19.9. The molecule has 2 saturated heterocycles. The molecule has 0 saturated carbocycles. The van der Waals surface area contributed by atoms with Crippen molar-refractivity contribution in [1.29, 1.82) is 0 Å². The van der Waals surface area contributed by atoms with Gasteiger partial charge >= 0.3 is 5.97 Å². The second-order valence-corrected chi connectivity index (χ2v) is 7.93. The van der Waals surface area contributed by atoms with Gasteiger partial charge in [0.15, 0.2) is 0 Å². The highest BCUT2D eigenvalue weighted by molar-refractivity contribution is 5.89. The van der Waals surface area contributed by atoms with Crippen LogP contribution >= 0.6 is 0 Å². The van der Waals surface area contributed by atoms with Crippen LogP contribution in [-0.4, -0.2) is 57.4 Å². The van der Waals surface area contributed by atoms with Gasteiger partial charge in [0.05, 0.1) is 25.9 Å². The molecule has 0 radical (unpaired) electrons. The number of carbonyl (C=O) groups excluding carboxylic acids is 1. The number of methoxy groups -OCH3 is 1. The average Bonchev–Trinajstić information content (AvgIpc) is 2.80. The fourth-order valence-electron chi connectivity index (χ4n) is 4.31. The Hall–Kier alpha value is -2.37. The summed E-state index contributed by atoms with van der Waals surface area (Å²) in [6.07, 6.45) is 2.31. The number of anilines is 1. The zero-order valence-electron chi connectivity index (χ0n) is 17.2. The number of hydrogen-bond acceptors (Lipinski definition) is 5. The Bertz CT molecular complexity index is 790. The van der Waals surface area contributed by atoms with Crippen LogP contribution in [0.4, 0.5) is 5.69 Å². The van der Waals surface area contributed by atoms with Crippen molar-refractivity contribution in [3.05, 3.63) is 65.2 Å². The predicted octanol–water partition coefficient (Wildman–Crippen LogP) is 3.69. The smallest absolute Gasteiger partial charge is 0.337 e. The third-order valence-corrected chi connectivity index (χ3v) is 6.11. The topological polar surface area (TPSA) is 42.0 Å². The molecule has 2 heterocycles. The molecule has 154 valence electrons. The van der Waals surface area contributed by atoms with Crippen LogP contribution in [0.25, 0.3) is 0 Å². The van der Waals surface area contributed by atoms with Gasteiger partial charge in [0.25, 0.3) is 0 Å². The van der Waals surface area contributed by atoms with Crippen LogP contribution in [0.1, 0.15) is 40.2 Å². The van der Waals surface area contributed by atoms with E-state index in [1.807, 2.05) is 24.3 Å². The monoisotopic (exact) mass is 394 g/mol. The first-order valence-electron chi connectivity index (χ1n) is 10.6. The molecule has 0 unspecified atom stereocenters. The van der Waals surface area contributed by atoms with E-state index >= 15 is 0 Å². The van der Waals surface area contributed by atoms with Crippen molar-refractivity contribution in [3.8, 4) is 0 Å². The summed E-state index contributed by atoms with van der Waals surface area (Å²) in [7, 11) is 1.41. The van der Waals surface area contributed by atoms with E-state index in [2.05, 4.69) is 34.1 Å². The predicted molar refractivity (Wildman–Crippen MR) is 115 cm³/mol. The molecule has 0 bridgehead atoms. The third-order valence-electron chi connectivity index (χ3n) is 6.11. The Morgan fingerprint density at radius 2 is 1.62 bits per heavy atom. The van der Waals surface area contributed by atoms with E-state index < -0.39 is 0 Å². The zero-order chi connectivity index (χ0) is 20.1. The van der Waals surface area contributed by atoms with Crippen molar-refractivity contribution >= 4 is 11.7 Å². The van der Waals surface area contributed by atoms with E-state index in [9.17, 15) is 4.79 Å². The molecule has 4 rings (SSSR count). The summed E-state index contributed by atoms with van der Waals surface area (Å²) in [6, 6.07) is 17.0. The summed E-state index contributed by atoms with van der Waals surface area (Å²) in [5.41, 5.74) is 4.62. The number of piperidine rings is 1. The highest BCUT2D eigenvalue weighted by atomic mass is 16.5. The summed E-state index contributed by atoms with van der Waals surface area (Å²) < 4.78 is 10.2. The Balaban J connectivity index is 1.30. The van der Waals surface area contributed by atoms with E-state index in [4.69, 9.17) is 9.47 Å². The van der Waals surface area contributed by atoms with Crippen LogP contribution in [0.15, 0.2) is 48.5 Å². The first-order valence-corrected chi connectivity index (χ1v) is 10.6. The molecule has 2 aromatic rings. The maximum atomic E-state index is 11.6. The van der Waals surface area contributed by atoms with E-state index in [0.29, 0.717) is 11.5 Å². The molecule has 0 aliphatic carbocycles. The molecule has 5 heteroatoms. The van der Waals surface area contributed by atoms with Crippen LogP contribution in [0.2, 0.25) is 0 Å². The van der Waals surface area contributed by atoms with Crippen LogP contribution in [-0.2, 0) is 16.0 Å². The summed E-state index contributed by atoms with van der Waals surface area (Å²) >= 11 is 0. The van der Waals surface area contributed by atoms with Crippen LogP contribution in [0, 0.1) is 0 Å². The van der Waals surface area contributed by atoms with Crippen molar-refractivity contribution in [2.24, 2.45) is 0 Å². The molecule has 0 aromatic heterocycles. The lowest BCUT2D eigenvalue weighted by molar-refractivity contribution is 0.0342. The van der Waals surface area contributed by atoms with Crippen molar-refractivity contribution in [1.82, 2.24) is 4.90 Å². The number of morpholine rings is 1. The van der Waals surface area contributed by atoms with Gasteiger partial charge < -0.3 is 14.4 Å². The molecule has 29 heavy (non-hydrogen) atoms. The Morgan fingerprint density at radius 1 is 0.966 bits per heavy atom. The summed E-state index contributed by atoms with van der Waals surface area (Å²) in [6.45, 7) is 6.85. The maximum absolute atomic E-state index is 11.6. The molecular weight excluding hydrogens is 364 g/mol. The molecule has 2 aliphatic heterocycles. The van der Waals surface area contributed by atoms with Crippen molar-refractivity contribution in [3.63, 3.8) is 0 Å². The molecule has 2 aliphatic rings. The molecule has 0 spiro atoms. The lowest BCUT2D eigenvalue weighted by Crippen LogP contribution is -2.35. The average molecular weight is 395 g/mol. The molecule has 2 fully saturated rings. The number of ether oxygens (including phenoxy) is 2. The quantitative estimate of drug-likeness (QED) is 0.724. The van der Waals surface area contributed by atoms with Gasteiger partial charge in [-0.2, -0.15) is 0 Å². The van der Waals surface area contributed by atoms with E-state index in [1.54, 1.807) is 0 Å². The summed E-state index contributed by atoms with van der Waals surface area (Å²) in [5.74, 6) is 0.338. The van der Waals surface area contributed by atoms with E-state index in [-0.39, 0.29) is 5.97 Å². The number of carbonyl (C=O) groups is 1. The van der Waals surface area contributed by atoms with Gasteiger partial charge in [-0.05, 0) is 54.2 Å². The van der Waals surface area contributed by atoms with Gasteiger partial charge in [-0.1, -0.05) is 24.3 Å². The number of rotatable bonds is 5. The normalized spacial score (nSPS) is 18.6. The lowest BCUT2D eigenvalue weighted by atomic mass is 9.88. The Morgan fingerprint density at radius 3 is 2.24 bits per heavy atom. The second kappa shape index (κ2) is 9.42. The van der Waals surface area contributed by atoms with Gasteiger partial charge in [-0.25, -0.2) is 4.79 Å². The molecule has 0 N–H and O–H groups in total. The lowest BCUT2D eigenvalue weighted by Gasteiger charge is -2.34. The molecule has 5 nitrogen and oxygen atoms in total. The largest absolute Gasteiger partial charge is 0.465 e. The van der Waals surface area contributed by atoms with Gasteiger partial charge in [0, 0.05) is 38.4 Å². The number of esters is 1. The summed E-state index contributed by atoms with van der Waals surface area (Å²) in [5, 5.41) is 0. The van der Waals surface area contributed by atoms with Gasteiger partial charge in [-0.3, -0.25) is 4.90 Å². The number of hydrogen-bond donors (Lipinski definition) is 0. The Kier molecular flexibility index (Phi) is 6.47. The SMILES string of the molecule is COC(=O)c1ccc(N2CCC(c3ccc(CN4CCOCC4)cc3)CC2)cc1. The standard InChI is InChI=1S/C24H30N2O3/c1-28-24(27)22-6-8-23(9-7-22)26-12-10-21(11-13-26)20-4-2-19(3-5-20)18-25-14-16-29-17-15-25/h2-9,21H,10-18H2,1H3. The first-order chi connectivity index (χ1) is 14.2. The highest BCUT2D eigenvalue weighted by Crippen LogP contribution is 2.31. The van der Waals surface area contributed by atoms with Gasteiger partial charge in [-0.15, -0.1) is 0 Å². The minimum Gasteiger partial charge on any atom is -0.465 e. The zero-order valence-corrected chi connectivity index (χ0v) is 17.2. The number of nitrogens with zero attached hydrogens (tertiary/aromatic N) is 2. The van der Waals surface area contributed by atoms with Crippen molar-refractivity contribution in [2.45, 2.75) is 25.3 Å². The molecule has 0 atom stereocenters. The van der Waals surface area contributed by atoms with Crippen LogP contribution < -0.4 is 4.90 Å². The van der Waals surface area contributed by atoms with E-state index in [1.165, 1.54) is 23.9 Å². The third kappa shape index (κ3) is 4.98. The number of benzene rings is 2. The van der Waals surface area contributed by atoms with Crippen LogP contribution in [0.3, 0.4) is 0 Å². The van der Waals surface area contributed by atoms with Crippen molar-refractivity contribution in [2.75, 3.05) is 51.4 Å². The van der Waals surface area contributed by atoms with Crippen LogP contribution in [0.5, 0.6) is 0 Å². The van der Waals surface area contributed by atoms with Gasteiger partial charge in [0.2, 0.25) is 0 Å². The second-order valence-electron chi connectivity index (χ2n) is 7.93.